The number of hydrogen-bond acceptors (Lipinski definition) is 4. The number of nitrogen functional groups attached to an aromatic ring is 1. The molecule has 0 amide bonds. The fraction of sp³-hybridized carbons (Fsp3) is 0.231. The minimum Gasteiger partial charge on any atom is -0.383 e. The molecule has 0 saturated carbocycles. The van der Waals surface area contributed by atoms with Crippen LogP contribution < -0.4 is 5.73 Å². The topological polar surface area (TPSA) is 67.6 Å². The van der Waals surface area contributed by atoms with Gasteiger partial charge in [0.05, 0.1) is 6.20 Å². The lowest BCUT2D eigenvalue weighted by atomic mass is 10.0. The number of aromatic amines is 1. The van der Waals surface area contributed by atoms with Crippen LogP contribution in [-0.2, 0) is 0 Å². The van der Waals surface area contributed by atoms with Crippen LogP contribution in [0.25, 0.3) is 21.2 Å². The molecule has 0 aromatic carbocycles. The quantitative estimate of drug-likeness (QED) is 0.740. The second-order valence-corrected chi connectivity index (χ2v) is 5.47. The van der Waals surface area contributed by atoms with E-state index in [9.17, 15) is 0 Å². The molecule has 4 nitrogen and oxygen atoms in total. The number of rotatable bonds is 2. The minimum absolute atomic E-state index is 0.447. The third kappa shape index (κ3) is 1.59. The van der Waals surface area contributed by atoms with Gasteiger partial charge in [-0.1, -0.05) is 13.8 Å². The van der Waals surface area contributed by atoms with E-state index in [4.69, 9.17) is 5.73 Å². The second kappa shape index (κ2) is 4.10. The number of nitrogens with zero attached hydrogens (tertiary/aromatic N) is 2. The summed E-state index contributed by atoms with van der Waals surface area (Å²) in [5, 5.41) is 10.1. The SMILES string of the molecule is CC(C)c1csc2c(-c3cn[nH]c3)cnc(N)c12. The zero-order valence-electron chi connectivity index (χ0n) is 10.3. The number of hydrogen-bond donors (Lipinski definition) is 2. The molecule has 0 spiro atoms. The lowest BCUT2D eigenvalue weighted by Gasteiger charge is -2.06. The number of pyridine rings is 1. The van der Waals surface area contributed by atoms with Crippen LogP contribution in [0.3, 0.4) is 0 Å². The van der Waals surface area contributed by atoms with Crippen LogP contribution >= 0.6 is 11.3 Å². The molecule has 5 heteroatoms. The molecule has 0 radical (unpaired) electrons. The van der Waals surface area contributed by atoms with E-state index < -0.39 is 0 Å². The summed E-state index contributed by atoms with van der Waals surface area (Å²) in [6.07, 6.45) is 5.51. The molecule has 3 aromatic heterocycles. The lowest BCUT2D eigenvalue weighted by Crippen LogP contribution is -1.94. The fourth-order valence-electron chi connectivity index (χ4n) is 2.12. The van der Waals surface area contributed by atoms with Gasteiger partial charge in [0.25, 0.3) is 0 Å². The summed E-state index contributed by atoms with van der Waals surface area (Å²) in [6, 6.07) is 0. The lowest BCUT2D eigenvalue weighted by molar-refractivity contribution is 0.880. The van der Waals surface area contributed by atoms with E-state index in [1.165, 1.54) is 10.3 Å². The minimum atomic E-state index is 0.447. The Balaban J connectivity index is 2.34. The second-order valence-electron chi connectivity index (χ2n) is 4.59. The van der Waals surface area contributed by atoms with E-state index in [0.717, 1.165) is 16.5 Å². The predicted octanol–water partition coefficient (Wildman–Crippen LogP) is 3.39. The van der Waals surface area contributed by atoms with E-state index in [-0.39, 0.29) is 0 Å². The molecule has 0 aliphatic carbocycles. The summed E-state index contributed by atoms with van der Waals surface area (Å²) in [6.45, 7) is 4.34. The molecule has 3 N–H and O–H groups in total. The molecule has 0 saturated heterocycles. The molecule has 0 bridgehead atoms. The standard InChI is InChI=1S/C13H14N4S/c1-7(2)10-6-18-12-9(8-3-16-17-4-8)5-15-13(14)11(10)12/h3-7H,1-2H3,(H2,14,15)(H,16,17). The molecule has 0 aliphatic rings. The Morgan fingerprint density at radius 3 is 2.83 bits per heavy atom. The van der Waals surface area contributed by atoms with Crippen molar-refractivity contribution < 1.29 is 0 Å². The molecule has 0 fully saturated rings. The first-order valence-electron chi connectivity index (χ1n) is 5.83. The van der Waals surface area contributed by atoms with Gasteiger partial charge in [0.15, 0.2) is 0 Å². The van der Waals surface area contributed by atoms with E-state index in [0.29, 0.717) is 11.7 Å². The number of fused-ring (bicyclic) bond motifs is 1. The largest absolute Gasteiger partial charge is 0.383 e. The average Bonchev–Trinajstić information content (AvgIpc) is 2.98. The molecule has 3 aromatic rings. The zero-order valence-corrected chi connectivity index (χ0v) is 11.1. The average molecular weight is 258 g/mol. The molecule has 3 heterocycles. The van der Waals surface area contributed by atoms with Gasteiger partial charge in [-0.25, -0.2) is 4.98 Å². The first-order valence-corrected chi connectivity index (χ1v) is 6.71. The van der Waals surface area contributed by atoms with Gasteiger partial charge < -0.3 is 5.73 Å². The number of anilines is 1. The Bertz CT molecular complexity index is 682. The van der Waals surface area contributed by atoms with E-state index >= 15 is 0 Å². The number of nitrogens with one attached hydrogen (secondary N) is 1. The maximum Gasteiger partial charge on any atom is 0.132 e. The maximum absolute atomic E-state index is 6.03. The number of aromatic nitrogens is 3. The van der Waals surface area contributed by atoms with E-state index in [1.54, 1.807) is 17.5 Å². The van der Waals surface area contributed by atoms with Crippen LogP contribution in [0.5, 0.6) is 0 Å². The van der Waals surface area contributed by atoms with Crippen LogP contribution in [-0.4, -0.2) is 15.2 Å². The monoisotopic (exact) mass is 258 g/mol. The smallest absolute Gasteiger partial charge is 0.132 e. The highest BCUT2D eigenvalue weighted by Gasteiger charge is 2.15. The van der Waals surface area contributed by atoms with Gasteiger partial charge in [0.2, 0.25) is 0 Å². The highest BCUT2D eigenvalue weighted by Crippen LogP contribution is 2.39. The third-order valence-electron chi connectivity index (χ3n) is 3.08. The molecule has 0 atom stereocenters. The van der Waals surface area contributed by atoms with Crippen molar-refractivity contribution in [2.75, 3.05) is 5.73 Å². The van der Waals surface area contributed by atoms with Gasteiger partial charge in [0.1, 0.15) is 5.82 Å². The van der Waals surface area contributed by atoms with Gasteiger partial charge >= 0.3 is 0 Å². The van der Waals surface area contributed by atoms with Gasteiger partial charge in [-0.15, -0.1) is 11.3 Å². The zero-order chi connectivity index (χ0) is 12.7. The van der Waals surface area contributed by atoms with Crippen LogP contribution in [0.4, 0.5) is 5.82 Å². The summed E-state index contributed by atoms with van der Waals surface area (Å²) in [4.78, 5) is 4.32. The molecule has 0 unspecified atom stereocenters. The van der Waals surface area contributed by atoms with Crippen LogP contribution in [0, 0.1) is 0 Å². The fourth-order valence-corrected chi connectivity index (χ4v) is 3.39. The molecular formula is C13H14N4S. The van der Waals surface area contributed by atoms with Gasteiger partial charge in [-0.05, 0) is 16.9 Å². The Hall–Kier alpha value is -1.88. The van der Waals surface area contributed by atoms with Gasteiger partial charge in [-0.2, -0.15) is 5.10 Å². The number of thiophene rings is 1. The van der Waals surface area contributed by atoms with E-state index in [1.807, 2.05) is 12.4 Å². The van der Waals surface area contributed by atoms with Crippen molar-refractivity contribution in [1.29, 1.82) is 0 Å². The van der Waals surface area contributed by atoms with Gasteiger partial charge in [-0.3, -0.25) is 5.10 Å². The third-order valence-corrected chi connectivity index (χ3v) is 4.12. The van der Waals surface area contributed by atoms with Crippen molar-refractivity contribution >= 4 is 27.2 Å². The molecule has 0 aliphatic heterocycles. The molecule has 18 heavy (non-hydrogen) atoms. The predicted molar refractivity (Wildman–Crippen MR) is 75.7 cm³/mol. The Morgan fingerprint density at radius 2 is 2.17 bits per heavy atom. The summed E-state index contributed by atoms with van der Waals surface area (Å²) < 4.78 is 1.19. The maximum atomic E-state index is 6.03. The van der Waals surface area contributed by atoms with Crippen LogP contribution in [0.15, 0.2) is 24.0 Å². The number of H-pyrrole nitrogens is 1. The molecule has 3 rings (SSSR count). The Morgan fingerprint density at radius 1 is 1.33 bits per heavy atom. The Labute approximate surface area is 109 Å². The molecule has 92 valence electrons. The summed E-state index contributed by atoms with van der Waals surface area (Å²) in [5.74, 6) is 1.06. The van der Waals surface area contributed by atoms with Gasteiger partial charge in [0, 0.05) is 33.6 Å². The highest BCUT2D eigenvalue weighted by atomic mass is 32.1. The molecular weight excluding hydrogens is 244 g/mol. The van der Waals surface area contributed by atoms with Crippen molar-refractivity contribution in [3.05, 3.63) is 29.5 Å². The van der Waals surface area contributed by atoms with Crippen molar-refractivity contribution in [2.24, 2.45) is 0 Å². The van der Waals surface area contributed by atoms with Crippen LogP contribution in [0.1, 0.15) is 25.3 Å². The van der Waals surface area contributed by atoms with Crippen molar-refractivity contribution in [3.63, 3.8) is 0 Å². The summed E-state index contributed by atoms with van der Waals surface area (Å²) in [7, 11) is 0. The normalized spacial score (nSPS) is 11.5. The van der Waals surface area contributed by atoms with Crippen molar-refractivity contribution in [3.8, 4) is 11.1 Å². The first kappa shape index (κ1) is 11.2. The summed E-state index contributed by atoms with van der Waals surface area (Å²) >= 11 is 1.72. The first-order chi connectivity index (χ1) is 8.68. The van der Waals surface area contributed by atoms with Crippen molar-refractivity contribution in [2.45, 2.75) is 19.8 Å². The van der Waals surface area contributed by atoms with Crippen LogP contribution in [0.2, 0.25) is 0 Å². The van der Waals surface area contributed by atoms with Crippen molar-refractivity contribution in [1.82, 2.24) is 15.2 Å². The summed E-state index contributed by atoms with van der Waals surface area (Å²) in [5.41, 5.74) is 9.44. The van der Waals surface area contributed by atoms with E-state index in [2.05, 4.69) is 34.4 Å². The number of nitrogens with two attached hydrogens (primary N) is 1. The Kier molecular flexibility index (Phi) is 2.56. The highest BCUT2D eigenvalue weighted by molar-refractivity contribution is 7.18.